The molecule has 2 aromatic rings. The van der Waals surface area contributed by atoms with Gasteiger partial charge in [0.2, 0.25) is 0 Å². The molecular formula is C12H13N3. The Hall–Kier alpha value is -1.77. The second-order valence-corrected chi connectivity index (χ2v) is 4.02. The summed E-state index contributed by atoms with van der Waals surface area (Å²) < 4.78 is 2.16. The molecule has 0 bridgehead atoms. The van der Waals surface area contributed by atoms with Gasteiger partial charge in [-0.3, -0.25) is 4.57 Å². The van der Waals surface area contributed by atoms with Crippen LogP contribution in [0.3, 0.4) is 0 Å². The van der Waals surface area contributed by atoms with Gasteiger partial charge in [0.05, 0.1) is 35.6 Å². The molecule has 0 saturated heterocycles. The molecule has 76 valence electrons. The van der Waals surface area contributed by atoms with Crippen molar-refractivity contribution in [3.63, 3.8) is 0 Å². The van der Waals surface area contributed by atoms with E-state index in [1.54, 1.807) is 0 Å². The lowest BCUT2D eigenvalue weighted by molar-refractivity contribution is 0.772. The first-order valence-electron chi connectivity index (χ1n) is 5.16. The number of hydrogen-bond donors (Lipinski definition) is 1. The highest BCUT2D eigenvalue weighted by molar-refractivity contribution is 5.68. The van der Waals surface area contributed by atoms with Crippen LogP contribution in [0.15, 0.2) is 30.7 Å². The van der Waals surface area contributed by atoms with Crippen LogP contribution < -0.4 is 5.32 Å². The zero-order valence-corrected chi connectivity index (χ0v) is 8.86. The molecule has 1 N–H and O–H groups in total. The van der Waals surface area contributed by atoms with Crippen molar-refractivity contribution in [1.29, 1.82) is 0 Å². The van der Waals surface area contributed by atoms with Crippen molar-refractivity contribution in [2.24, 2.45) is 0 Å². The number of hydrogen-bond acceptors (Lipinski definition) is 2. The van der Waals surface area contributed by atoms with Crippen molar-refractivity contribution >= 4 is 5.69 Å². The zero-order chi connectivity index (χ0) is 10.4. The predicted octanol–water partition coefficient (Wildman–Crippen LogP) is 2.67. The first kappa shape index (κ1) is 8.53. The van der Waals surface area contributed by atoms with Crippen LogP contribution in [0.1, 0.15) is 24.2 Å². The number of imidazole rings is 1. The van der Waals surface area contributed by atoms with Crippen LogP contribution in [0.5, 0.6) is 0 Å². The molecule has 0 spiro atoms. The Morgan fingerprint density at radius 2 is 2.27 bits per heavy atom. The van der Waals surface area contributed by atoms with E-state index in [1.807, 2.05) is 12.5 Å². The molecule has 1 atom stereocenters. The number of aromatic nitrogens is 2. The van der Waals surface area contributed by atoms with E-state index in [4.69, 9.17) is 0 Å². The summed E-state index contributed by atoms with van der Waals surface area (Å²) in [7, 11) is 0. The monoisotopic (exact) mass is 199 g/mol. The molecule has 0 aliphatic carbocycles. The van der Waals surface area contributed by atoms with E-state index in [1.165, 1.54) is 22.6 Å². The molecule has 0 saturated carbocycles. The SMILES string of the molecule is Cc1cccc2c1N[C@@H](C)c1cncn1-2. The molecule has 0 fully saturated rings. The lowest BCUT2D eigenvalue weighted by Gasteiger charge is -2.27. The van der Waals surface area contributed by atoms with E-state index in [-0.39, 0.29) is 0 Å². The predicted molar refractivity (Wildman–Crippen MR) is 60.3 cm³/mol. The average molecular weight is 199 g/mol. The summed E-state index contributed by atoms with van der Waals surface area (Å²) in [6.45, 7) is 4.28. The standard InChI is InChI=1S/C12H13N3/c1-8-4-3-5-10-12(8)14-9(2)11-6-13-7-15(10)11/h3-7,9,14H,1-2H3/t9-/m0/s1. The Morgan fingerprint density at radius 1 is 1.40 bits per heavy atom. The number of fused-ring (bicyclic) bond motifs is 3. The molecule has 3 nitrogen and oxygen atoms in total. The molecule has 0 amide bonds. The van der Waals surface area contributed by atoms with Gasteiger partial charge in [0.25, 0.3) is 0 Å². The van der Waals surface area contributed by atoms with E-state index in [0.29, 0.717) is 6.04 Å². The maximum Gasteiger partial charge on any atom is 0.0995 e. The number of benzene rings is 1. The second-order valence-electron chi connectivity index (χ2n) is 4.02. The van der Waals surface area contributed by atoms with Crippen molar-refractivity contribution in [1.82, 2.24) is 9.55 Å². The molecule has 1 aliphatic rings. The van der Waals surface area contributed by atoms with Gasteiger partial charge in [-0.25, -0.2) is 4.98 Å². The number of nitrogens with zero attached hydrogens (tertiary/aromatic N) is 2. The fourth-order valence-corrected chi connectivity index (χ4v) is 2.16. The lowest BCUT2D eigenvalue weighted by Crippen LogP contribution is -2.19. The smallest absolute Gasteiger partial charge is 0.0995 e. The fraction of sp³-hybridized carbons (Fsp3) is 0.250. The molecule has 2 heterocycles. The molecule has 1 aliphatic heterocycles. The van der Waals surface area contributed by atoms with Crippen LogP contribution in [0.4, 0.5) is 5.69 Å². The van der Waals surface area contributed by atoms with Gasteiger partial charge in [0.15, 0.2) is 0 Å². The normalized spacial score (nSPS) is 17.9. The first-order valence-corrected chi connectivity index (χ1v) is 5.16. The Morgan fingerprint density at radius 3 is 3.13 bits per heavy atom. The van der Waals surface area contributed by atoms with Gasteiger partial charge in [-0.2, -0.15) is 0 Å². The van der Waals surface area contributed by atoms with Gasteiger partial charge < -0.3 is 5.32 Å². The topological polar surface area (TPSA) is 29.9 Å². The summed E-state index contributed by atoms with van der Waals surface area (Å²) in [5, 5.41) is 3.51. The highest BCUT2D eigenvalue weighted by Gasteiger charge is 2.21. The van der Waals surface area contributed by atoms with Crippen molar-refractivity contribution in [3.8, 4) is 5.69 Å². The molecule has 3 rings (SSSR count). The zero-order valence-electron chi connectivity index (χ0n) is 8.86. The van der Waals surface area contributed by atoms with Crippen LogP contribution >= 0.6 is 0 Å². The van der Waals surface area contributed by atoms with Crippen LogP contribution in [-0.4, -0.2) is 9.55 Å². The highest BCUT2D eigenvalue weighted by atomic mass is 15.1. The van der Waals surface area contributed by atoms with E-state index >= 15 is 0 Å². The van der Waals surface area contributed by atoms with Gasteiger partial charge in [-0.05, 0) is 25.5 Å². The van der Waals surface area contributed by atoms with Gasteiger partial charge >= 0.3 is 0 Å². The molecular weight excluding hydrogens is 186 g/mol. The number of aryl methyl sites for hydroxylation is 1. The summed E-state index contributed by atoms with van der Waals surface area (Å²) in [5.41, 5.74) is 4.91. The summed E-state index contributed by atoms with van der Waals surface area (Å²) in [6, 6.07) is 6.64. The van der Waals surface area contributed by atoms with Gasteiger partial charge in [-0.1, -0.05) is 12.1 Å². The number of rotatable bonds is 0. The van der Waals surface area contributed by atoms with E-state index in [2.05, 4.69) is 46.9 Å². The quantitative estimate of drug-likeness (QED) is 0.707. The van der Waals surface area contributed by atoms with Crippen molar-refractivity contribution in [2.45, 2.75) is 19.9 Å². The third-order valence-corrected chi connectivity index (χ3v) is 2.98. The van der Waals surface area contributed by atoms with Crippen molar-refractivity contribution in [2.75, 3.05) is 5.32 Å². The Balaban J connectivity index is 2.31. The minimum absolute atomic E-state index is 0.320. The Labute approximate surface area is 88.8 Å². The fourth-order valence-electron chi connectivity index (χ4n) is 2.16. The molecule has 0 unspecified atom stereocenters. The second kappa shape index (κ2) is 2.86. The number of nitrogens with one attached hydrogen (secondary N) is 1. The molecule has 3 heteroatoms. The highest BCUT2D eigenvalue weighted by Crippen LogP contribution is 2.34. The molecule has 1 aromatic carbocycles. The lowest BCUT2D eigenvalue weighted by atomic mass is 10.1. The maximum absolute atomic E-state index is 4.21. The van der Waals surface area contributed by atoms with Gasteiger partial charge in [0, 0.05) is 0 Å². The van der Waals surface area contributed by atoms with Crippen LogP contribution in [0.2, 0.25) is 0 Å². The minimum atomic E-state index is 0.320. The largest absolute Gasteiger partial charge is 0.375 e. The first-order chi connectivity index (χ1) is 7.27. The van der Waals surface area contributed by atoms with Crippen molar-refractivity contribution < 1.29 is 0 Å². The van der Waals surface area contributed by atoms with Crippen molar-refractivity contribution in [3.05, 3.63) is 42.0 Å². The van der Waals surface area contributed by atoms with Crippen LogP contribution in [-0.2, 0) is 0 Å². The van der Waals surface area contributed by atoms with Crippen LogP contribution in [0, 0.1) is 6.92 Å². The summed E-state index contributed by atoms with van der Waals surface area (Å²) in [4.78, 5) is 4.21. The molecule has 0 radical (unpaired) electrons. The summed E-state index contributed by atoms with van der Waals surface area (Å²) in [5.74, 6) is 0. The third-order valence-electron chi connectivity index (χ3n) is 2.98. The average Bonchev–Trinajstić information content (AvgIpc) is 2.69. The summed E-state index contributed by atoms with van der Waals surface area (Å²) >= 11 is 0. The number of anilines is 1. The Kier molecular flexibility index (Phi) is 1.63. The Bertz CT molecular complexity index is 513. The molecule has 1 aromatic heterocycles. The third kappa shape index (κ3) is 1.09. The maximum atomic E-state index is 4.21. The van der Waals surface area contributed by atoms with Gasteiger partial charge in [0.1, 0.15) is 0 Å². The van der Waals surface area contributed by atoms with E-state index in [0.717, 1.165) is 0 Å². The minimum Gasteiger partial charge on any atom is -0.375 e. The summed E-state index contributed by atoms with van der Waals surface area (Å²) in [6.07, 6.45) is 3.80. The van der Waals surface area contributed by atoms with E-state index in [9.17, 15) is 0 Å². The van der Waals surface area contributed by atoms with E-state index < -0.39 is 0 Å². The molecule has 15 heavy (non-hydrogen) atoms. The van der Waals surface area contributed by atoms with Gasteiger partial charge in [-0.15, -0.1) is 0 Å². The van der Waals surface area contributed by atoms with Crippen LogP contribution in [0.25, 0.3) is 5.69 Å². The number of para-hydroxylation sites is 1.